The van der Waals surface area contributed by atoms with Gasteiger partial charge in [0.1, 0.15) is 0 Å². The van der Waals surface area contributed by atoms with Crippen LogP contribution in [0.4, 0.5) is 13.2 Å². The minimum absolute atomic E-state index is 0.102. The van der Waals surface area contributed by atoms with E-state index in [0.717, 1.165) is 12.3 Å². The van der Waals surface area contributed by atoms with Gasteiger partial charge in [0.15, 0.2) is 9.84 Å². The fourth-order valence-corrected chi connectivity index (χ4v) is 3.25. The second-order valence-corrected chi connectivity index (χ2v) is 7.34. The predicted molar refractivity (Wildman–Crippen MR) is 84.5 cm³/mol. The van der Waals surface area contributed by atoms with Gasteiger partial charge in [-0.1, -0.05) is 6.07 Å². The van der Waals surface area contributed by atoms with Gasteiger partial charge in [-0.2, -0.15) is 23.6 Å². The van der Waals surface area contributed by atoms with Gasteiger partial charge < -0.3 is 14.9 Å². The summed E-state index contributed by atoms with van der Waals surface area (Å²) in [5, 5.41) is 12.5. The molecule has 0 saturated heterocycles. The van der Waals surface area contributed by atoms with Crippen molar-refractivity contribution in [2.75, 3.05) is 20.4 Å². The Kier molecular flexibility index (Phi) is 4.90. The average molecular weight is 393 g/mol. The molecule has 0 aliphatic carbocycles. The van der Waals surface area contributed by atoms with Crippen LogP contribution in [0.2, 0.25) is 0 Å². The summed E-state index contributed by atoms with van der Waals surface area (Å²) < 4.78 is 67.9. The number of halogens is 3. The molecule has 8 nitrogen and oxygen atoms in total. The molecule has 0 spiro atoms. The maximum Gasteiger partial charge on any atom is 0.416 e. The first kappa shape index (κ1) is 19.6. The fourth-order valence-electron chi connectivity index (χ4n) is 2.33. The van der Waals surface area contributed by atoms with E-state index in [2.05, 4.69) is 5.43 Å². The standard InChI is InChI=1S/C14H14F3N3O5S/c1-19-12(25-2)7-10(13(18-19)20(21)22)9-5-4-8(14(15,16)17)6-11(9)26(3,23)24/h4-7,18H,1-3H3. The van der Waals surface area contributed by atoms with Crippen LogP contribution in [0.1, 0.15) is 11.1 Å². The van der Waals surface area contributed by atoms with E-state index < -0.39 is 37.2 Å². The van der Waals surface area contributed by atoms with Crippen molar-refractivity contribution >= 4 is 15.4 Å². The summed E-state index contributed by atoms with van der Waals surface area (Å²) in [6.07, 6.45) is -2.87. The molecule has 2 rings (SSSR count). The molecular weight excluding hydrogens is 379 g/mol. The lowest BCUT2D eigenvalue weighted by Crippen LogP contribution is -2.39. The zero-order valence-corrected chi connectivity index (χ0v) is 14.6. The lowest BCUT2D eigenvalue weighted by molar-refractivity contribution is -0.435. The topological polar surface area (TPSA) is 102 Å². The van der Waals surface area contributed by atoms with E-state index in [1.54, 1.807) is 0 Å². The van der Waals surface area contributed by atoms with Crippen molar-refractivity contribution in [3.05, 3.63) is 57.2 Å². The number of benzene rings is 1. The first-order chi connectivity index (χ1) is 11.9. The van der Waals surface area contributed by atoms with Gasteiger partial charge in [-0.3, -0.25) is 0 Å². The lowest BCUT2D eigenvalue weighted by Gasteiger charge is -2.24. The maximum absolute atomic E-state index is 12.9. The summed E-state index contributed by atoms with van der Waals surface area (Å²) in [5.74, 6) is -0.497. The number of nitrogens with one attached hydrogen (secondary N) is 1. The van der Waals surface area contributed by atoms with Crippen LogP contribution in [-0.2, 0) is 20.8 Å². The van der Waals surface area contributed by atoms with Crippen molar-refractivity contribution in [1.82, 2.24) is 10.4 Å². The molecule has 1 aromatic carbocycles. The first-order valence-corrected chi connectivity index (χ1v) is 8.82. The number of nitro groups is 1. The van der Waals surface area contributed by atoms with E-state index in [1.165, 1.54) is 25.2 Å². The van der Waals surface area contributed by atoms with Crippen LogP contribution in [0.5, 0.6) is 0 Å². The molecular formula is C14H14F3N3O5S. The number of allylic oxidation sites excluding steroid dienone is 2. The smallest absolute Gasteiger partial charge is 0.416 e. The summed E-state index contributed by atoms with van der Waals surface area (Å²) >= 11 is 0. The van der Waals surface area contributed by atoms with Gasteiger partial charge in [0.2, 0.25) is 5.88 Å². The highest BCUT2D eigenvalue weighted by atomic mass is 32.2. The number of methoxy groups -OCH3 is 1. The molecule has 1 aliphatic heterocycles. The van der Waals surface area contributed by atoms with Crippen LogP contribution in [-0.4, -0.2) is 38.8 Å². The number of sulfone groups is 1. The molecule has 12 heteroatoms. The van der Waals surface area contributed by atoms with E-state index in [4.69, 9.17) is 4.74 Å². The number of hydrazine groups is 1. The first-order valence-electron chi connectivity index (χ1n) is 6.92. The van der Waals surface area contributed by atoms with Gasteiger partial charge in [-0.25, -0.2) is 8.42 Å². The Hall–Kier alpha value is -2.76. The van der Waals surface area contributed by atoms with E-state index in [1.807, 2.05) is 0 Å². The van der Waals surface area contributed by atoms with E-state index in [9.17, 15) is 31.7 Å². The predicted octanol–water partition coefficient (Wildman–Crippen LogP) is 1.99. The quantitative estimate of drug-likeness (QED) is 0.617. The van der Waals surface area contributed by atoms with Crippen molar-refractivity contribution in [1.29, 1.82) is 0 Å². The molecule has 26 heavy (non-hydrogen) atoms. The van der Waals surface area contributed by atoms with Crippen LogP contribution >= 0.6 is 0 Å². The van der Waals surface area contributed by atoms with Crippen LogP contribution in [0, 0.1) is 10.1 Å². The van der Waals surface area contributed by atoms with E-state index in [0.29, 0.717) is 12.1 Å². The Morgan fingerprint density at radius 1 is 1.31 bits per heavy atom. The van der Waals surface area contributed by atoms with E-state index >= 15 is 0 Å². The Morgan fingerprint density at radius 3 is 2.38 bits per heavy atom. The number of hydrogen-bond donors (Lipinski definition) is 1. The van der Waals surface area contributed by atoms with Crippen LogP contribution < -0.4 is 5.43 Å². The van der Waals surface area contributed by atoms with Crippen molar-refractivity contribution in [3.8, 4) is 0 Å². The molecule has 0 atom stereocenters. The van der Waals surface area contributed by atoms with Gasteiger partial charge in [-0.15, -0.1) is 0 Å². The molecule has 0 aromatic heterocycles. The van der Waals surface area contributed by atoms with Crippen molar-refractivity contribution in [3.63, 3.8) is 0 Å². The largest absolute Gasteiger partial charge is 0.480 e. The van der Waals surface area contributed by atoms with Gasteiger partial charge >= 0.3 is 12.0 Å². The Balaban J connectivity index is 2.83. The highest BCUT2D eigenvalue weighted by molar-refractivity contribution is 7.90. The molecule has 0 amide bonds. The Morgan fingerprint density at radius 2 is 1.92 bits per heavy atom. The molecule has 142 valence electrons. The summed E-state index contributed by atoms with van der Waals surface area (Å²) in [7, 11) is -1.42. The number of alkyl halides is 3. The third kappa shape index (κ3) is 3.74. The summed E-state index contributed by atoms with van der Waals surface area (Å²) in [6, 6.07) is 2.00. The number of nitrogens with zero attached hydrogens (tertiary/aromatic N) is 2. The molecule has 0 fully saturated rings. The van der Waals surface area contributed by atoms with Gasteiger partial charge in [0.25, 0.3) is 0 Å². The van der Waals surface area contributed by atoms with Gasteiger partial charge in [-0.05, 0) is 17.1 Å². The maximum atomic E-state index is 12.9. The summed E-state index contributed by atoms with van der Waals surface area (Å²) in [6.45, 7) is 0. The zero-order chi connectivity index (χ0) is 19.9. The lowest BCUT2D eigenvalue weighted by atomic mass is 10.0. The molecule has 1 N–H and O–H groups in total. The van der Waals surface area contributed by atoms with Crippen LogP contribution in [0.25, 0.3) is 5.57 Å². The SMILES string of the molecule is COC1=CC(c2ccc(C(F)(F)F)cc2S(C)(=O)=O)=C([N+](=O)[O-])NN1C. The molecule has 0 unspecified atom stereocenters. The van der Waals surface area contributed by atoms with Crippen LogP contribution in [0.15, 0.2) is 40.9 Å². The summed E-state index contributed by atoms with van der Waals surface area (Å²) in [4.78, 5) is 9.84. The molecule has 1 heterocycles. The van der Waals surface area contributed by atoms with Gasteiger partial charge in [0, 0.05) is 17.9 Å². The molecule has 1 aromatic rings. The van der Waals surface area contributed by atoms with Crippen molar-refractivity contribution in [2.24, 2.45) is 0 Å². The van der Waals surface area contributed by atoms with Gasteiger partial charge in [0.05, 0.1) is 30.2 Å². The number of rotatable bonds is 4. The third-order valence-corrected chi connectivity index (χ3v) is 4.65. The monoisotopic (exact) mass is 393 g/mol. The zero-order valence-electron chi connectivity index (χ0n) is 13.8. The minimum Gasteiger partial charge on any atom is -0.480 e. The Bertz CT molecular complexity index is 922. The second-order valence-electron chi connectivity index (χ2n) is 5.36. The second kappa shape index (κ2) is 6.52. The molecule has 0 saturated carbocycles. The fraction of sp³-hybridized carbons (Fsp3) is 0.286. The Labute approximate surface area is 146 Å². The molecule has 0 radical (unpaired) electrons. The highest BCUT2D eigenvalue weighted by Gasteiger charge is 2.35. The number of ether oxygens (including phenoxy) is 1. The number of hydrogen-bond acceptors (Lipinski definition) is 7. The average Bonchev–Trinajstić information content (AvgIpc) is 2.52. The normalized spacial score (nSPS) is 15.5. The third-order valence-electron chi connectivity index (χ3n) is 3.52. The highest BCUT2D eigenvalue weighted by Crippen LogP contribution is 2.36. The van der Waals surface area contributed by atoms with E-state index in [-0.39, 0.29) is 17.0 Å². The minimum atomic E-state index is -4.77. The molecule has 1 aliphatic rings. The summed E-state index contributed by atoms with van der Waals surface area (Å²) in [5.41, 5.74) is 0.743. The van der Waals surface area contributed by atoms with Crippen LogP contribution in [0.3, 0.4) is 0 Å². The van der Waals surface area contributed by atoms with Crippen molar-refractivity contribution < 1.29 is 31.2 Å². The molecule has 0 bridgehead atoms. The van der Waals surface area contributed by atoms with Crippen molar-refractivity contribution in [2.45, 2.75) is 11.1 Å².